The Morgan fingerprint density at radius 2 is 1.84 bits per heavy atom. The van der Waals surface area contributed by atoms with E-state index in [4.69, 9.17) is 25.6 Å². The van der Waals surface area contributed by atoms with Crippen LogP contribution >= 0.6 is 0 Å². The van der Waals surface area contributed by atoms with E-state index in [1.54, 1.807) is 0 Å². The fourth-order valence-corrected chi connectivity index (χ4v) is 4.27. The molecule has 198 valence electrons. The molecule has 1 fully saturated rings. The minimum Gasteiger partial charge on any atom is -0.385 e. The smallest absolute Gasteiger partial charge is 0.359 e. The predicted molar refractivity (Wildman–Crippen MR) is 143 cm³/mol. The summed E-state index contributed by atoms with van der Waals surface area (Å²) in [6.07, 6.45) is 2.75. The van der Waals surface area contributed by atoms with Gasteiger partial charge >= 0.3 is 5.97 Å². The molecule has 1 aromatic carbocycles. The van der Waals surface area contributed by atoms with Crippen LogP contribution in [0.15, 0.2) is 36.7 Å². The minimum atomic E-state index is -0.698. The normalized spacial score (nSPS) is 13.5. The van der Waals surface area contributed by atoms with Crippen LogP contribution in [-0.4, -0.2) is 75.4 Å². The van der Waals surface area contributed by atoms with Crippen LogP contribution in [0.3, 0.4) is 0 Å². The van der Waals surface area contributed by atoms with Gasteiger partial charge in [-0.2, -0.15) is 5.90 Å². The number of imidazole rings is 1. The van der Waals surface area contributed by atoms with Gasteiger partial charge in [-0.15, -0.1) is 0 Å². The molecule has 0 bridgehead atoms. The molecule has 0 aliphatic carbocycles. The lowest BCUT2D eigenvalue weighted by Crippen LogP contribution is -2.37. The van der Waals surface area contributed by atoms with Gasteiger partial charge in [0.25, 0.3) is 0 Å². The fraction of sp³-hybridized carbons (Fsp3) is 0.360. The van der Waals surface area contributed by atoms with E-state index in [0.717, 1.165) is 53.7 Å². The number of morpholine rings is 1. The van der Waals surface area contributed by atoms with Gasteiger partial charge < -0.3 is 29.3 Å². The fourth-order valence-electron chi connectivity index (χ4n) is 4.27. The maximum Gasteiger partial charge on any atom is 0.359 e. The van der Waals surface area contributed by atoms with Crippen LogP contribution in [0.5, 0.6) is 0 Å². The zero-order chi connectivity index (χ0) is 26.6. The summed E-state index contributed by atoms with van der Waals surface area (Å²) in [5.41, 5.74) is 3.61. The molecule has 0 radical (unpaired) electrons. The minimum absolute atomic E-state index is 0.170. The van der Waals surface area contributed by atoms with Crippen molar-refractivity contribution in [1.82, 2.24) is 29.5 Å². The van der Waals surface area contributed by atoms with E-state index in [1.165, 1.54) is 12.4 Å². The number of nitrogens with zero attached hydrogens (tertiary/aromatic N) is 8. The second kappa shape index (κ2) is 10.9. The molecule has 1 saturated heterocycles. The lowest BCUT2D eigenvalue weighted by molar-refractivity contribution is 0.0502. The Labute approximate surface area is 219 Å². The van der Waals surface area contributed by atoms with Gasteiger partial charge in [-0.1, -0.05) is 0 Å². The Morgan fingerprint density at radius 3 is 2.50 bits per heavy atom. The molecule has 13 heteroatoms. The third-order valence-corrected chi connectivity index (χ3v) is 6.33. The number of aromatic nitrogens is 6. The molecule has 0 spiro atoms. The van der Waals surface area contributed by atoms with Crippen LogP contribution in [0.2, 0.25) is 0 Å². The monoisotopic (exact) mass is 518 g/mol. The van der Waals surface area contributed by atoms with E-state index in [0.29, 0.717) is 31.5 Å². The average Bonchev–Trinajstić information content (AvgIpc) is 3.27. The molecule has 3 N–H and O–H groups in total. The van der Waals surface area contributed by atoms with Crippen molar-refractivity contribution >= 4 is 34.6 Å². The zero-order valence-corrected chi connectivity index (χ0v) is 21.6. The van der Waals surface area contributed by atoms with Crippen molar-refractivity contribution in [2.45, 2.75) is 13.5 Å². The van der Waals surface area contributed by atoms with E-state index in [1.807, 2.05) is 47.8 Å². The number of fused-ring (bicyclic) bond motifs is 1. The molecule has 5 rings (SSSR count). The van der Waals surface area contributed by atoms with Gasteiger partial charge in [0.2, 0.25) is 5.95 Å². The summed E-state index contributed by atoms with van der Waals surface area (Å²) in [5.74, 6) is 6.85. The molecule has 38 heavy (non-hydrogen) atoms. The molecular formula is C25H30N10O3. The molecule has 13 nitrogen and oxygen atoms in total. The Kier molecular flexibility index (Phi) is 7.29. The van der Waals surface area contributed by atoms with Crippen molar-refractivity contribution in [2.24, 2.45) is 12.9 Å². The number of nitrogens with two attached hydrogens (primary N) is 1. The maximum absolute atomic E-state index is 11.6. The van der Waals surface area contributed by atoms with Crippen LogP contribution in [0.1, 0.15) is 23.1 Å². The summed E-state index contributed by atoms with van der Waals surface area (Å²) < 4.78 is 7.54. The van der Waals surface area contributed by atoms with E-state index in [9.17, 15) is 4.79 Å². The van der Waals surface area contributed by atoms with Crippen molar-refractivity contribution in [2.75, 3.05) is 55.0 Å². The van der Waals surface area contributed by atoms with Crippen molar-refractivity contribution in [1.29, 1.82) is 0 Å². The van der Waals surface area contributed by atoms with Gasteiger partial charge in [-0.25, -0.2) is 29.7 Å². The Balaban J connectivity index is 1.51. The summed E-state index contributed by atoms with van der Waals surface area (Å²) in [7, 11) is 3.79. The SMILES string of the molecule is CCNc1ccc(-c2nc(N3CCOCC3)c3nc(CN(C)c4ncc(C(=O)ON)cn4)n(C)c3n2)cc1. The number of aryl methyl sites for hydroxylation is 1. The molecule has 1 aliphatic heterocycles. The van der Waals surface area contributed by atoms with Crippen molar-refractivity contribution < 1.29 is 14.4 Å². The van der Waals surface area contributed by atoms with Gasteiger partial charge in [0, 0.05) is 57.4 Å². The number of hydrogen-bond donors (Lipinski definition) is 2. The lowest BCUT2D eigenvalue weighted by atomic mass is 10.2. The maximum atomic E-state index is 11.6. The third-order valence-electron chi connectivity index (χ3n) is 6.33. The van der Waals surface area contributed by atoms with Gasteiger partial charge in [0.15, 0.2) is 22.8 Å². The highest BCUT2D eigenvalue weighted by atomic mass is 16.7. The first-order chi connectivity index (χ1) is 18.5. The Hall–Kier alpha value is -4.36. The summed E-state index contributed by atoms with van der Waals surface area (Å²) in [6.45, 7) is 6.03. The van der Waals surface area contributed by atoms with E-state index in [2.05, 4.69) is 31.9 Å². The number of nitrogens with one attached hydrogen (secondary N) is 1. The van der Waals surface area contributed by atoms with Crippen LogP contribution in [0.25, 0.3) is 22.6 Å². The number of rotatable bonds is 8. The molecular weight excluding hydrogens is 488 g/mol. The number of benzene rings is 1. The van der Waals surface area contributed by atoms with Gasteiger partial charge in [0.05, 0.1) is 25.3 Å². The first kappa shape index (κ1) is 25.3. The molecule has 3 aromatic heterocycles. The van der Waals surface area contributed by atoms with E-state index in [-0.39, 0.29) is 5.56 Å². The third kappa shape index (κ3) is 5.06. The molecule has 0 unspecified atom stereocenters. The second-order valence-electron chi connectivity index (χ2n) is 8.87. The molecule has 0 saturated carbocycles. The highest BCUT2D eigenvalue weighted by molar-refractivity contribution is 5.88. The first-order valence-electron chi connectivity index (χ1n) is 12.3. The lowest BCUT2D eigenvalue weighted by Gasteiger charge is -2.28. The van der Waals surface area contributed by atoms with Crippen LogP contribution in [0, 0.1) is 0 Å². The highest BCUT2D eigenvalue weighted by Crippen LogP contribution is 2.29. The van der Waals surface area contributed by atoms with Crippen LogP contribution in [-0.2, 0) is 23.2 Å². The second-order valence-corrected chi connectivity index (χ2v) is 8.87. The van der Waals surface area contributed by atoms with Crippen LogP contribution in [0.4, 0.5) is 17.5 Å². The Bertz CT molecular complexity index is 1420. The standard InChI is InChI=1S/C25H30N10O3/c1-4-27-18-7-5-16(6-8-18)21-31-22-20(23(32-21)35-9-11-37-12-10-35)30-19(34(22)3)15-33(2)25-28-13-17(14-29-25)24(36)38-26/h5-8,13-14,27H,4,9-12,15,26H2,1-3H3. The van der Waals surface area contributed by atoms with Crippen molar-refractivity contribution in [3.05, 3.63) is 48.0 Å². The quantitative estimate of drug-likeness (QED) is 0.327. The number of carbonyl (C=O) groups is 1. The molecule has 1 aliphatic rings. The number of hydrogen-bond acceptors (Lipinski definition) is 12. The number of ether oxygens (including phenoxy) is 1. The molecule has 4 aromatic rings. The summed E-state index contributed by atoms with van der Waals surface area (Å²) in [4.78, 5) is 43.2. The summed E-state index contributed by atoms with van der Waals surface area (Å²) >= 11 is 0. The largest absolute Gasteiger partial charge is 0.385 e. The number of anilines is 3. The van der Waals surface area contributed by atoms with E-state index >= 15 is 0 Å². The first-order valence-corrected chi connectivity index (χ1v) is 12.3. The molecule has 0 amide bonds. The average molecular weight is 519 g/mol. The van der Waals surface area contributed by atoms with E-state index < -0.39 is 5.97 Å². The van der Waals surface area contributed by atoms with Crippen molar-refractivity contribution in [3.63, 3.8) is 0 Å². The topological polar surface area (TPSA) is 149 Å². The van der Waals surface area contributed by atoms with Gasteiger partial charge in [-0.3, -0.25) is 0 Å². The van der Waals surface area contributed by atoms with Gasteiger partial charge in [-0.05, 0) is 31.2 Å². The van der Waals surface area contributed by atoms with Crippen molar-refractivity contribution in [3.8, 4) is 11.4 Å². The predicted octanol–water partition coefficient (Wildman–Crippen LogP) is 1.76. The van der Waals surface area contributed by atoms with Gasteiger partial charge in [0.1, 0.15) is 5.82 Å². The highest BCUT2D eigenvalue weighted by Gasteiger charge is 2.23. The Morgan fingerprint density at radius 1 is 1.13 bits per heavy atom. The summed E-state index contributed by atoms with van der Waals surface area (Å²) in [6, 6.07) is 8.11. The van der Waals surface area contributed by atoms with Crippen LogP contribution < -0.4 is 21.0 Å². The zero-order valence-electron chi connectivity index (χ0n) is 21.6. The summed E-state index contributed by atoms with van der Waals surface area (Å²) in [5, 5.41) is 3.31. The molecule has 4 heterocycles. The molecule has 0 atom stereocenters. The number of carbonyl (C=O) groups excluding carboxylic acids is 1.